The first kappa shape index (κ1) is 18.5. The van der Waals surface area contributed by atoms with Crippen molar-refractivity contribution in [3.8, 4) is 0 Å². The normalized spacial score (nSPS) is 17.3. The highest BCUT2D eigenvalue weighted by molar-refractivity contribution is 7.78. The van der Waals surface area contributed by atoms with Gasteiger partial charge in [0.2, 0.25) is 0 Å². The van der Waals surface area contributed by atoms with E-state index in [4.69, 9.17) is 4.74 Å². The summed E-state index contributed by atoms with van der Waals surface area (Å²) < 4.78 is 41.1. The fourth-order valence-corrected chi connectivity index (χ4v) is 3.85. The van der Waals surface area contributed by atoms with E-state index in [0.717, 1.165) is 11.1 Å². The average Bonchev–Trinajstić information content (AvgIpc) is 2.77. The van der Waals surface area contributed by atoms with Gasteiger partial charge in [-0.25, -0.2) is 9.18 Å². The van der Waals surface area contributed by atoms with E-state index < -0.39 is 28.5 Å². The molecule has 4 nitrogen and oxygen atoms in total. The smallest absolute Gasteiger partial charge is 0.340 e. The minimum absolute atomic E-state index is 0.0687. The van der Waals surface area contributed by atoms with Crippen LogP contribution >= 0.6 is 0 Å². The van der Waals surface area contributed by atoms with Crippen LogP contribution in [-0.2, 0) is 26.4 Å². The summed E-state index contributed by atoms with van der Waals surface area (Å²) in [6, 6.07) is 11.2. The van der Waals surface area contributed by atoms with Gasteiger partial charge >= 0.3 is 5.97 Å². The van der Waals surface area contributed by atoms with Crippen molar-refractivity contribution >= 4 is 28.2 Å². The Labute approximate surface area is 154 Å². The Bertz CT molecular complexity index is 947. The van der Waals surface area contributed by atoms with E-state index in [1.54, 1.807) is 38.1 Å². The van der Waals surface area contributed by atoms with Crippen molar-refractivity contribution in [3.63, 3.8) is 0 Å². The summed E-state index contributed by atoms with van der Waals surface area (Å²) in [5, 5.41) is 0. The number of aryl methyl sites for hydroxylation is 1. The molecule has 3 rings (SSSR count). The van der Waals surface area contributed by atoms with Gasteiger partial charge in [-0.3, -0.25) is 4.21 Å². The number of carbonyl (C=O) groups excluding carboxylic acids is 1. The lowest BCUT2D eigenvalue weighted by atomic mass is 9.86. The van der Waals surface area contributed by atoms with Crippen LogP contribution < -0.4 is 0 Å². The lowest BCUT2D eigenvalue weighted by Crippen LogP contribution is -2.22. The van der Waals surface area contributed by atoms with Crippen LogP contribution in [0.1, 0.15) is 36.1 Å². The standard InChI is InChI=1S/C20H19FO4S/c1-12-9-14(7-8-15(12)11-26(23)24)18-17(19(22)25-20(18,2)3)13-5-4-6-16(21)10-13/h4-10H,11H2,1-3H3,(H,23,24)/p-1. The van der Waals surface area contributed by atoms with Crippen LogP contribution in [0.5, 0.6) is 0 Å². The molecule has 0 saturated carbocycles. The maximum Gasteiger partial charge on any atom is 0.340 e. The molecule has 1 atom stereocenters. The van der Waals surface area contributed by atoms with Gasteiger partial charge in [0.25, 0.3) is 0 Å². The second-order valence-electron chi connectivity index (χ2n) is 6.75. The zero-order valence-electron chi connectivity index (χ0n) is 14.7. The fourth-order valence-electron chi connectivity index (χ4n) is 3.28. The molecule has 6 heteroatoms. The molecule has 1 unspecified atom stereocenters. The molecule has 1 aliphatic heterocycles. The summed E-state index contributed by atoms with van der Waals surface area (Å²) in [5.74, 6) is -1.00. The SMILES string of the molecule is Cc1cc(C2=C(c3cccc(F)c3)C(=O)OC2(C)C)ccc1CS(=O)[O-]. The first-order chi connectivity index (χ1) is 12.2. The molecule has 0 bridgehead atoms. The fraction of sp³-hybridized carbons (Fsp3) is 0.250. The molecule has 0 amide bonds. The predicted octanol–water partition coefficient (Wildman–Crippen LogP) is 3.76. The van der Waals surface area contributed by atoms with Crippen molar-refractivity contribution in [1.29, 1.82) is 0 Å². The lowest BCUT2D eigenvalue weighted by Gasteiger charge is -2.22. The third kappa shape index (κ3) is 3.48. The summed E-state index contributed by atoms with van der Waals surface area (Å²) in [4.78, 5) is 12.5. The van der Waals surface area contributed by atoms with Crippen molar-refractivity contribution in [2.45, 2.75) is 32.1 Å². The summed E-state index contributed by atoms with van der Waals surface area (Å²) >= 11 is -2.18. The molecule has 136 valence electrons. The predicted molar refractivity (Wildman–Crippen MR) is 97.2 cm³/mol. The topological polar surface area (TPSA) is 66.4 Å². The number of benzene rings is 2. The minimum atomic E-state index is -2.18. The number of hydrogen-bond acceptors (Lipinski definition) is 4. The van der Waals surface area contributed by atoms with Gasteiger partial charge < -0.3 is 9.29 Å². The molecule has 0 spiro atoms. The largest absolute Gasteiger partial charge is 0.772 e. The third-order valence-electron chi connectivity index (χ3n) is 4.42. The van der Waals surface area contributed by atoms with Crippen molar-refractivity contribution in [3.05, 3.63) is 70.5 Å². The van der Waals surface area contributed by atoms with E-state index in [2.05, 4.69) is 0 Å². The van der Waals surface area contributed by atoms with Crippen molar-refractivity contribution in [2.75, 3.05) is 0 Å². The highest BCUT2D eigenvalue weighted by Gasteiger charge is 2.41. The summed E-state index contributed by atoms with van der Waals surface area (Å²) in [7, 11) is 0. The van der Waals surface area contributed by atoms with Crippen LogP contribution in [0, 0.1) is 12.7 Å². The molecule has 2 aromatic carbocycles. The Morgan fingerprint density at radius 2 is 1.88 bits per heavy atom. The Morgan fingerprint density at radius 1 is 1.15 bits per heavy atom. The molecule has 0 saturated heterocycles. The number of carbonyl (C=O) groups is 1. The van der Waals surface area contributed by atoms with Gasteiger partial charge in [0.05, 0.1) is 5.57 Å². The van der Waals surface area contributed by atoms with Crippen molar-refractivity contribution < 1.29 is 22.7 Å². The molecule has 0 fully saturated rings. The highest BCUT2D eigenvalue weighted by atomic mass is 32.2. The quantitative estimate of drug-likeness (QED) is 0.605. The number of esters is 1. The minimum Gasteiger partial charge on any atom is -0.772 e. The molecule has 1 heterocycles. The Morgan fingerprint density at radius 3 is 2.50 bits per heavy atom. The summed E-state index contributed by atoms with van der Waals surface area (Å²) in [6.07, 6.45) is 0. The summed E-state index contributed by atoms with van der Waals surface area (Å²) in [5.41, 5.74) is 2.80. The molecule has 0 aromatic heterocycles. The second-order valence-corrected chi connectivity index (χ2v) is 7.65. The molecular formula is C20H18FO4S-. The van der Waals surface area contributed by atoms with Crippen LogP contribution in [0.25, 0.3) is 11.1 Å². The van der Waals surface area contributed by atoms with Gasteiger partial charge in [-0.05, 0) is 55.2 Å². The molecule has 0 aliphatic carbocycles. The van der Waals surface area contributed by atoms with Gasteiger partial charge in [-0.15, -0.1) is 0 Å². The van der Waals surface area contributed by atoms with Crippen LogP contribution in [0.4, 0.5) is 4.39 Å². The Kier molecular flexibility index (Phi) is 4.82. The number of ether oxygens (including phenoxy) is 1. The number of halogens is 1. The highest BCUT2D eigenvalue weighted by Crippen LogP contribution is 2.44. The van der Waals surface area contributed by atoms with Crippen LogP contribution in [0.15, 0.2) is 42.5 Å². The zero-order valence-corrected chi connectivity index (χ0v) is 15.5. The Hall–Kier alpha value is -2.31. The van der Waals surface area contributed by atoms with E-state index in [9.17, 15) is 17.9 Å². The van der Waals surface area contributed by atoms with E-state index in [0.29, 0.717) is 22.3 Å². The third-order valence-corrected chi connectivity index (χ3v) is 4.97. The number of cyclic esters (lactones) is 1. The van der Waals surface area contributed by atoms with E-state index in [1.807, 2.05) is 13.0 Å². The van der Waals surface area contributed by atoms with Gasteiger partial charge in [0.15, 0.2) is 0 Å². The Balaban J connectivity index is 2.19. The van der Waals surface area contributed by atoms with Gasteiger partial charge in [0.1, 0.15) is 11.4 Å². The van der Waals surface area contributed by atoms with Crippen molar-refractivity contribution in [2.24, 2.45) is 0 Å². The molecule has 0 radical (unpaired) electrons. The second kappa shape index (κ2) is 6.78. The number of hydrogen-bond donors (Lipinski definition) is 0. The van der Waals surface area contributed by atoms with Gasteiger partial charge in [-0.1, -0.05) is 41.4 Å². The first-order valence-corrected chi connectivity index (χ1v) is 9.33. The average molecular weight is 373 g/mol. The zero-order chi connectivity index (χ0) is 19.1. The molecule has 2 aromatic rings. The molecular weight excluding hydrogens is 355 g/mol. The van der Waals surface area contributed by atoms with Crippen molar-refractivity contribution in [1.82, 2.24) is 0 Å². The van der Waals surface area contributed by atoms with Gasteiger partial charge in [0, 0.05) is 11.3 Å². The summed E-state index contributed by atoms with van der Waals surface area (Å²) in [6.45, 7) is 5.38. The maximum atomic E-state index is 13.7. The van der Waals surface area contributed by atoms with Crippen LogP contribution in [-0.4, -0.2) is 20.3 Å². The van der Waals surface area contributed by atoms with E-state index in [1.165, 1.54) is 12.1 Å². The molecule has 1 aliphatic rings. The van der Waals surface area contributed by atoms with Crippen LogP contribution in [0.2, 0.25) is 0 Å². The first-order valence-electron chi connectivity index (χ1n) is 8.09. The monoisotopic (exact) mass is 373 g/mol. The van der Waals surface area contributed by atoms with Gasteiger partial charge in [-0.2, -0.15) is 0 Å². The number of rotatable bonds is 4. The maximum absolute atomic E-state index is 13.7. The molecule has 26 heavy (non-hydrogen) atoms. The lowest BCUT2D eigenvalue weighted by molar-refractivity contribution is -0.141. The molecule has 0 N–H and O–H groups in total. The van der Waals surface area contributed by atoms with E-state index in [-0.39, 0.29) is 5.75 Å². The van der Waals surface area contributed by atoms with Crippen LogP contribution in [0.3, 0.4) is 0 Å². The van der Waals surface area contributed by atoms with E-state index >= 15 is 0 Å².